The van der Waals surface area contributed by atoms with Crippen LogP contribution in [0, 0.1) is 12.3 Å². The first kappa shape index (κ1) is 17.0. The van der Waals surface area contributed by atoms with E-state index in [9.17, 15) is 4.79 Å². The number of terminal acetylenes is 1. The van der Waals surface area contributed by atoms with Crippen molar-refractivity contribution < 1.29 is 4.79 Å². The van der Waals surface area contributed by atoms with E-state index >= 15 is 0 Å². The summed E-state index contributed by atoms with van der Waals surface area (Å²) in [5.74, 6) is 3.51. The van der Waals surface area contributed by atoms with Crippen LogP contribution < -0.4 is 5.32 Å². The molecule has 1 aromatic heterocycles. The number of nitrogens with one attached hydrogen (secondary N) is 1. The first-order valence-corrected chi connectivity index (χ1v) is 9.08. The minimum Gasteiger partial charge on any atom is -0.342 e. The van der Waals surface area contributed by atoms with Gasteiger partial charge in [-0.25, -0.2) is 9.97 Å². The fourth-order valence-corrected chi connectivity index (χ4v) is 3.39. The van der Waals surface area contributed by atoms with Gasteiger partial charge in [0.2, 0.25) is 5.91 Å². The van der Waals surface area contributed by atoms with Crippen LogP contribution in [0.2, 0.25) is 0 Å². The second-order valence-electron chi connectivity index (χ2n) is 6.69. The molecule has 0 spiro atoms. The van der Waals surface area contributed by atoms with E-state index in [1.165, 1.54) is 6.33 Å². The average molecular weight is 356 g/mol. The molecule has 0 bridgehead atoms. The maximum absolute atomic E-state index is 12.5. The number of rotatable bonds is 4. The van der Waals surface area contributed by atoms with Gasteiger partial charge in [-0.15, -0.1) is 6.42 Å². The zero-order valence-corrected chi connectivity index (χ0v) is 15.0. The van der Waals surface area contributed by atoms with Crippen molar-refractivity contribution in [3.8, 4) is 12.3 Å². The molecule has 0 saturated carbocycles. The zero-order chi connectivity index (χ0) is 18.6. The van der Waals surface area contributed by atoms with E-state index in [1.807, 2.05) is 47.4 Å². The molecule has 134 valence electrons. The van der Waals surface area contributed by atoms with Crippen molar-refractivity contribution >= 4 is 28.3 Å². The highest BCUT2D eigenvalue weighted by Gasteiger charge is 2.18. The van der Waals surface area contributed by atoms with Crippen molar-refractivity contribution in [2.24, 2.45) is 0 Å². The number of carbonyl (C=O) groups is 1. The second-order valence-corrected chi connectivity index (χ2v) is 6.69. The fourth-order valence-electron chi connectivity index (χ4n) is 3.39. The quantitative estimate of drug-likeness (QED) is 0.727. The number of carbonyl (C=O) groups excluding carboxylic acids is 1. The summed E-state index contributed by atoms with van der Waals surface area (Å²) in [5.41, 5.74) is 3.46. The van der Waals surface area contributed by atoms with Gasteiger partial charge in [-0.3, -0.25) is 4.79 Å². The Hall–Kier alpha value is -3.39. The zero-order valence-electron chi connectivity index (χ0n) is 15.0. The summed E-state index contributed by atoms with van der Waals surface area (Å²) in [7, 11) is 0. The van der Waals surface area contributed by atoms with Crippen LogP contribution in [0.5, 0.6) is 0 Å². The summed E-state index contributed by atoms with van der Waals surface area (Å²) in [4.78, 5) is 23.1. The van der Waals surface area contributed by atoms with E-state index in [0.29, 0.717) is 12.2 Å². The number of hydrogen-bond donors (Lipinski definition) is 1. The van der Waals surface area contributed by atoms with Gasteiger partial charge < -0.3 is 10.2 Å². The molecule has 1 amide bonds. The van der Waals surface area contributed by atoms with Gasteiger partial charge in [-0.2, -0.15) is 0 Å². The summed E-state index contributed by atoms with van der Waals surface area (Å²) in [6, 6.07) is 13.5. The minimum absolute atomic E-state index is 0.180. The fraction of sp³-hybridized carbons (Fsp3) is 0.227. The third-order valence-corrected chi connectivity index (χ3v) is 4.81. The van der Waals surface area contributed by atoms with E-state index in [2.05, 4.69) is 21.2 Å². The lowest BCUT2D eigenvalue weighted by molar-refractivity contribution is -0.129. The Labute approximate surface area is 158 Å². The summed E-state index contributed by atoms with van der Waals surface area (Å²) in [6.45, 7) is 1.74. The molecule has 2 aromatic carbocycles. The molecule has 1 aliphatic heterocycles. The number of anilines is 2. The molecule has 27 heavy (non-hydrogen) atoms. The van der Waals surface area contributed by atoms with Crippen molar-refractivity contribution in [1.29, 1.82) is 0 Å². The Kier molecular flexibility index (Phi) is 4.71. The molecule has 0 radical (unpaired) electrons. The third kappa shape index (κ3) is 3.75. The van der Waals surface area contributed by atoms with Crippen LogP contribution in [-0.4, -0.2) is 33.9 Å². The molecule has 1 fully saturated rings. The Morgan fingerprint density at radius 3 is 2.81 bits per heavy atom. The lowest BCUT2D eigenvalue weighted by Gasteiger charge is -2.15. The smallest absolute Gasteiger partial charge is 0.226 e. The van der Waals surface area contributed by atoms with Crippen molar-refractivity contribution in [3.05, 3.63) is 59.9 Å². The van der Waals surface area contributed by atoms with Gasteiger partial charge in [0, 0.05) is 29.7 Å². The van der Waals surface area contributed by atoms with Crippen LogP contribution in [0.1, 0.15) is 24.0 Å². The first-order chi connectivity index (χ1) is 13.2. The average Bonchev–Trinajstić information content (AvgIpc) is 3.24. The van der Waals surface area contributed by atoms with E-state index in [1.54, 1.807) is 0 Å². The molecule has 5 heteroatoms. The van der Waals surface area contributed by atoms with Gasteiger partial charge in [0.15, 0.2) is 0 Å². The highest BCUT2D eigenvalue weighted by Crippen LogP contribution is 2.25. The molecule has 3 aromatic rings. The van der Waals surface area contributed by atoms with Crippen LogP contribution in [0.4, 0.5) is 11.5 Å². The Balaban J connectivity index is 1.62. The molecular formula is C22H20N4O. The van der Waals surface area contributed by atoms with Crippen LogP contribution in [0.3, 0.4) is 0 Å². The van der Waals surface area contributed by atoms with Crippen molar-refractivity contribution in [1.82, 2.24) is 14.9 Å². The number of amides is 1. The molecule has 4 rings (SSSR count). The van der Waals surface area contributed by atoms with Crippen molar-refractivity contribution in [2.75, 3.05) is 18.4 Å². The molecular weight excluding hydrogens is 336 g/mol. The topological polar surface area (TPSA) is 58.1 Å². The Bertz CT molecular complexity index is 1030. The number of aromatic nitrogens is 2. The molecule has 0 aliphatic carbocycles. The number of likely N-dealkylation sites (tertiary alicyclic amines) is 1. The molecule has 1 aliphatic rings. The van der Waals surface area contributed by atoms with E-state index < -0.39 is 0 Å². The molecule has 5 nitrogen and oxygen atoms in total. The normalized spacial score (nSPS) is 13.5. The number of fused-ring (bicyclic) bond motifs is 1. The maximum atomic E-state index is 12.5. The van der Waals surface area contributed by atoms with Crippen LogP contribution in [0.15, 0.2) is 48.8 Å². The number of benzene rings is 2. The van der Waals surface area contributed by atoms with E-state index in [4.69, 9.17) is 6.42 Å². The van der Waals surface area contributed by atoms with Crippen LogP contribution in [-0.2, 0) is 11.2 Å². The monoisotopic (exact) mass is 356 g/mol. The first-order valence-electron chi connectivity index (χ1n) is 9.08. The number of hydrogen-bond acceptors (Lipinski definition) is 4. The molecule has 2 heterocycles. The predicted octanol–water partition coefficient (Wildman–Crippen LogP) is 3.52. The summed E-state index contributed by atoms with van der Waals surface area (Å²) >= 11 is 0. The Morgan fingerprint density at radius 1 is 1.15 bits per heavy atom. The lowest BCUT2D eigenvalue weighted by Crippen LogP contribution is -2.29. The van der Waals surface area contributed by atoms with Crippen molar-refractivity contribution in [3.63, 3.8) is 0 Å². The van der Waals surface area contributed by atoms with E-state index in [0.717, 1.165) is 53.6 Å². The Morgan fingerprint density at radius 2 is 2.00 bits per heavy atom. The van der Waals surface area contributed by atoms with Crippen LogP contribution >= 0.6 is 0 Å². The predicted molar refractivity (Wildman–Crippen MR) is 107 cm³/mol. The highest BCUT2D eigenvalue weighted by atomic mass is 16.2. The molecule has 1 N–H and O–H groups in total. The highest BCUT2D eigenvalue weighted by molar-refractivity contribution is 5.92. The minimum atomic E-state index is 0.180. The SMILES string of the molecule is C#Cc1cccc(Nc2ncnc3ccc(CC(=O)N4CCCC4)cc23)c1. The van der Waals surface area contributed by atoms with Crippen molar-refractivity contribution in [2.45, 2.75) is 19.3 Å². The molecule has 1 saturated heterocycles. The summed E-state index contributed by atoms with van der Waals surface area (Å²) in [5, 5.41) is 4.20. The van der Waals surface area contributed by atoms with Gasteiger partial charge in [0.1, 0.15) is 12.1 Å². The van der Waals surface area contributed by atoms with E-state index in [-0.39, 0.29) is 5.91 Å². The summed E-state index contributed by atoms with van der Waals surface area (Å²) in [6.07, 6.45) is 9.61. The van der Waals surface area contributed by atoms with Crippen LogP contribution in [0.25, 0.3) is 10.9 Å². The third-order valence-electron chi connectivity index (χ3n) is 4.81. The van der Waals surface area contributed by atoms with Gasteiger partial charge in [-0.05, 0) is 48.7 Å². The van der Waals surface area contributed by atoms with Gasteiger partial charge in [0.25, 0.3) is 0 Å². The van der Waals surface area contributed by atoms with Gasteiger partial charge in [-0.1, -0.05) is 18.1 Å². The second kappa shape index (κ2) is 7.46. The van der Waals surface area contributed by atoms with Gasteiger partial charge >= 0.3 is 0 Å². The maximum Gasteiger partial charge on any atom is 0.226 e. The largest absolute Gasteiger partial charge is 0.342 e. The standard InChI is InChI=1S/C22H20N4O/c1-2-16-6-5-7-18(12-16)25-22-19-13-17(8-9-20(19)23-15-24-22)14-21(27)26-10-3-4-11-26/h1,5-9,12-13,15H,3-4,10-11,14H2,(H,23,24,25). The van der Waals surface area contributed by atoms with Gasteiger partial charge in [0.05, 0.1) is 11.9 Å². The lowest BCUT2D eigenvalue weighted by atomic mass is 10.1. The number of nitrogens with zero attached hydrogens (tertiary/aromatic N) is 3. The molecule has 0 atom stereocenters. The summed E-state index contributed by atoms with van der Waals surface area (Å²) < 4.78 is 0. The molecule has 0 unspecified atom stereocenters.